The van der Waals surface area contributed by atoms with E-state index in [0.29, 0.717) is 12.5 Å². The van der Waals surface area contributed by atoms with E-state index in [1.165, 1.54) is 12.1 Å². The van der Waals surface area contributed by atoms with E-state index in [0.717, 1.165) is 30.9 Å². The quantitative estimate of drug-likeness (QED) is 0.593. The van der Waals surface area contributed by atoms with Gasteiger partial charge in [-0.2, -0.15) is 0 Å². The number of anilines is 1. The molecule has 0 unspecified atom stereocenters. The van der Waals surface area contributed by atoms with Gasteiger partial charge in [0.2, 0.25) is 11.9 Å². The molecule has 1 aromatic heterocycles. The highest BCUT2D eigenvalue weighted by atomic mass is 19.1. The van der Waals surface area contributed by atoms with Crippen LogP contribution in [-0.4, -0.2) is 65.7 Å². The molecule has 0 aliphatic carbocycles. The van der Waals surface area contributed by atoms with Crippen molar-refractivity contribution in [2.45, 2.75) is 13.8 Å². The molecular formula is C20H28FN5O3. The Kier molecular flexibility index (Phi) is 8.75. The Morgan fingerprint density at radius 2 is 1.79 bits per heavy atom. The molecule has 0 fully saturated rings. The van der Waals surface area contributed by atoms with Gasteiger partial charge in [-0.3, -0.25) is 14.9 Å². The molecule has 0 aliphatic rings. The van der Waals surface area contributed by atoms with E-state index in [4.69, 9.17) is 4.74 Å². The number of carbonyl (C=O) groups is 2. The van der Waals surface area contributed by atoms with Crippen LogP contribution in [0.3, 0.4) is 0 Å². The maximum absolute atomic E-state index is 13.1. The molecule has 29 heavy (non-hydrogen) atoms. The van der Waals surface area contributed by atoms with Crippen LogP contribution in [0.5, 0.6) is 0 Å². The molecule has 9 heteroatoms. The van der Waals surface area contributed by atoms with E-state index in [2.05, 4.69) is 34.4 Å². The molecule has 2 amide bonds. The summed E-state index contributed by atoms with van der Waals surface area (Å²) >= 11 is 0. The summed E-state index contributed by atoms with van der Waals surface area (Å²) in [5, 5.41) is 5.39. The zero-order chi connectivity index (χ0) is 21.2. The lowest BCUT2D eigenvalue weighted by Gasteiger charge is -2.17. The Labute approximate surface area is 170 Å². The Morgan fingerprint density at radius 3 is 2.45 bits per heavy atom. The standard InChI is InChI=1S/C20H28FN5O3/c1-4-26(5-2)11-10-22-18(27)13-29-14-19(28)24-20-23-12-17(25(20)3)15-6-8-16(21)9-7-15/h6-9,12H,4-5,10-11,13-14H2,1-3H3,(H,22,27)(H,23,24,28). The van der Waals surface area contributed by atoms with Crippen LogP contribution in [0.15, 0.2) is 30.5 Å². The molecule has 1 aromatic carbocycles. The average Bonchev–Trinajstić information content (AvgIpc) is 3.06. The topological polar surface area (TPSA) is 88.5 Å². The van der Waals surface area contributed by atoms with Crippen molar-refractivity contribution in [1.29, 1.82) is 0 Å². The van der Waals surface area contributed by atoms with Crippen LogP contribution >= 0.6 is 0 Å². The first-order chi connectivity index (χ1) is 13.9. The summed E-state index contributed by atoms with van der Waals surface area (Å²) in [5.74, 6) is -0.666. The molecule has 2 rings (SSSR count). The van der Waals surface area contributed by atoms with Crippen molar-refractivity contribution < 1.29 is 18.7 Å². The molecule has 8 nitrogen and oxygen atoms in total. The van der Waals surface area contributed by atoms with Crippen molar-refractivity contribution in [3.63, 3.8) is 0 Å². The molecule has 2 N–H and O–H groups in total. The number of carbonyl (C=O) groups excluding carboxylic acids is 2. The first-order valence-electron chi connectivity index (χ1n) is 9.58. The second kappa shape index (κ2) is 11.3. The van der Waals surface area contributed by atoms with Crippen LogP contribution in [0.2, 0.25) is 0 Å². The van der Waals surface area contributed by atoms with Crippen LogP contribution in [-0.2, 0) is 21.4 Å². The number of hydrogen-bond donors (Lipinski definition) is 2. The fourth-order valence-corrected chi connectivity index (χ4v) is 2.76. The number of imidazole rings is 1. The smallest absolute Gasteiger partial charge is 0.252 e. The normalized spacial score (nSPS) is 10.9. The summed E-state index contributed by atoms with van der Waals surface area (Å²) in [5.41, 5.74) is 1.51. The number of halogens is 1. The summed E-state index contributed by atoms with van der Waals surface area (Å²) in [4.78, 5) is 30.2. The third-order valence-electron chi connectivity index (χ3n) is 4.49. The number of ether oxygens (including phenoxy) is 1. The Hall–Kier alpha value is -2.78. The average molecular weight is 405 g/mol. The van der Waals surface area contributed by atoms with Crippen molar-refractivity contribution >= 4 is 17.8 Å². The second-order valence-electron chi connectivity index (χ2n) is 6.45. The van der Waals surface area contributed by atoms with Gasteiger partial charge < -0.3 is 19.5 Å². The number of nitrogens with one attached hydrogen (secondary N) is 2. The minimum atomic E-state index is -0.416. The zero-order valence-corrected chi connectivity index (χ0v) is 17.1. The lowest BCUT2D eigenvalue weighted by Crippen LogP contribution is -2.36. The van der Waals surface area contributed by atoms with Gasteiger partial charge in [-0.25, -0.2) is 9.37 Å². The van der Waals surface area contributed by atoms with E-state index < -0.39 is 5.91 Å². The van der Waals surface area contributed by atoms with Gasteiger partial charge in [0.25, 0.3) is 5.91 Å². The van der Waals surface area contributed by atoms with Crippen LogP contribution < -0.4 is 10.6 Å². The number of benzene rings is 1. The highest BCUT2D eigenvalue weighted by molar-refractivity contribution is 5.90. The summed E-state index contributed by atoms with van der Waals surface area (Å²) in [7, 11) is 1.74. The number of amides is 2. The van der Waals surface area contributed by atoms with Gasteiger partial charge in [-0.1, -0.05) is 13.8 Å². The van der Waals surface area contributed by atoms with Crippen LogP contribution in [0.4, 0.5) is 10.3 Å². The molecule has 2 aromatic rings. The van der Waals surface area contributed by atoms with Gasteiger partial charge in [-0.05, 0) is 37.4 Å². The van der Waals surface area contributed by atoms with E-state index in [-0.39, 0.29) is 24.9 Å². The van der Waals surface area contributed by atoms with Crippen molar-refractivity contribution in [3.05, 3.63) is 36.3 Å². The summed E-state index contributed by atoms with van der Waals surface area (Å²) in [6, 6.07) is 6.00. The first-order valence-corrected chi connectivity index (χ1v) is 9.58. The maximum atomic E-state index is 13.1. The number of rotatable bonds is 11. The Bertz CT molecular complexity index is 803. The number of hydrogen-bond acceptors (Lipinski definition) is 5. The van der Waals surface area contributed by atoms with Gasteiger partial charge in [0.15, 0.2) is 0 Å². The molecule has 0 saturated carbocycles. The minimum absolute atomic E-state index is 0.187. The van der Waals surface area contributed by atoms with Crippen LogP contribution in [0.1, 0.15) is 13.8 Å². The number of nitrogens with zero attached hydrogens (tertiary/aromatic N) is 3. The number of likely N-dealkylation sites (N-methyl/N-ethyl adjacent to an activating group) is 1. The monoisotopic (exact) mass is 405 g/mol. The minimum Gasteiger partial charge on any atom is -0.362 e. The fourth-order valence-electron chi connectivity index (χ4n) is 2.76. The van der Waals surface area contributed by atoms with Gasteiger partial charge >= 0.3 is 0 Å². The molecule has 0 radical (unpaired) electrons. The fraction of sp³-hybridized carbons (Fsp3) is 0.450. The predicted octanol–water partition coefficient (Wildman–Crippen LogP) is 1.64. The first kappa shape index (κ1) is 22.5. The third kappa shape index (κ3) is 6.95. The molecule has 0 aliphatic heterocycles. The molecule has 0 bridgehead atoms. The predicted molar refractivity (Wildman–Crippen MR) is 109 cm³/mol. The Balaban J connectivity index is 1.74. The van der Waals surface area contributed by atoms with E-state index in [9.17, 15) is 14.0 Å². The zero-order valence-electron chi connectivity index (χ0n) is 17.1. The van der Waals surface area contributed by atoms with Gasteiger partial charge in [-0.15, -0.1) is 0 Å². The lowest BCUT2D eigenvalue weighted by atomic mass is 10.2. The third-order valence-corrected chi connectivity index (χ3v) is 4.49. The van der Waals surface area contributed by atoms with Crippen molar-refractivity contribution in [2.24, 2.45) is 7.05 Å². The summed E-state index contributed by atoms with van der Waals surface area (Å²) in [6.45, 7) is 6.85. The summed E-state index contributed by atoms with van der Waals surface area (Å²) < 4.78 is 19.9. The van der Waals surface area contributed by atoms with Gasteiger partial charge in [0.1, 0.15) is 19.0 Å². The molecule has 0 spiro atoms. The largest absolute Gasteiger partial charge is 0.362 e. The Morgan fingerprint density at radius 1 is 1.14 bits per heavy atom. The molecule has 0 saturated heterocycles. The molecule has 1 heterocycles. The molecule has 158 valence electrons. The van der Waals surface area contributed by atoms with Crippen LogP contribution in [0, 0.1) is 5.82 Å². The van der Waals surface area contributed by atoms with Crippen molar-refractivity contribution in [1.82, 2.24) is 19.8 Å². The van der Waals surface area contributed by atoms with Gasteiger partial charge in [0.05, 0.1) is 11.9 Å². The van der Waals surface area contributed by atoms with E-state index in [1.807, 2.05) is 0 Å². The highest BCUT2D eigenvalue weighted by Gasteiger charge is 2.12. The molecule has 0 atom stereocenters. The lowest BCUT2D eigenvalue weighted by molar-refractivity contribution is -0.128. The van der Waals surface area contributed by atoms with E-state index >= 15 is 0 Å². The second-order valence-corrected chi connectivity index (χ2v) is 6.45. The molecular weight excluding hydrogens is 377 g/mol. The summed E-state index contributed by atoms with van der Waals surface area (Å²) in [6.07, 6.45) is 1.59. The number of aromatic nitrogens is 2. The van der Waals surface area contributed by atoms with Crippen molar-refractivity contribution in [2.75, 3.05) is 44.7 Å². The van der Waals surface area contributed by atoms with E-state index in [1.54, 1.807) is 29.9 Å². The van der Waals surface area contributed by atoms with Crippen molar-refractivity contribution in [3.8, 4) is 11.3 Å². The SMILES string of the molecule is CCN(CC)CCNC(=O)COCC(=O)Nc1ncc(-c2ccc(F)cc2)n1C. The maximum Gasteiger partial charge on any atom is 0.252 e. The van der Waals surface area contributed by atoms with Crippen LogP contribution in [0.25, 0.3) is 11.3 Å². The highest BCUT2D eigenvalue weighted by Crippen LogP contribution is 2.22. The van der Waals surface area contributed by atoms with Gasteiger partial charge in [0, 0.05) is 25.7 Å².